The SMILES string of the molecule is Cc1cccc(C)c1-n1c(SCCC(N)=O)nnc1-c1cccc(S(=O)(=O)N(C)C)c1. The Morgan fingerprint density at radius 3 is 2.35 bits per heavy atom. The van der Waals surface area contributed by atoms with Crippen molar-refractivity contribution < 1.29 is 13.2 Å². The highest BCUT2D eigenvalue weighted by Gasteiger charge is 2.22. The molecule has 2 aromatic carbocycles. The number of carbonyl (C=O) groups excluding carboxylic acids is 1. The Bertz CT molecular complexity index is 1200. The fourth-order valence-corrected chi connectivity index (χ4v) is 5.00. The number of benzene rings is 2. The smallest absolute Gasteiger partial charge is 0.242 e. The van der Waals surface area contributed by atoms with E-state index in [1.807, 2.05) is 36.6 Å². The van der Waals surface area contributed by atoms with E-state index in [0.29, 0.717) is 22.3 Å². The van der Waals surface area contributed by atoms with Gasteiger partial charge in [0.1, 0.15) is 0 Å². The number of nitrogens with two attached hydrogens (primary N) is 1. The van der Waals surface area contributed by atoms with Crippen LogP contribution in [0.3, 0.4) is 0 Å². The van der Waals surface area contributed by atoms with Crippen LogP contribution in [0.2, 0.25) is 0 Å². The molecule has 8 nitrogen and oxygen atoms in total. The van der Waals surface area contributed by atoms with Gasteiger partial charge in [-0.05, 0) is 37.1 Å². The highest BCUT2D eigenvalue weighted by Crippen LogP contribution is 2.32. The van der Waals surface area contributed by atoms with E-state index < -0.39 is 10.0 Å². The standard InChI is InChI=1S/C21H25N5O3S2/c1-14-7-5-8-15(2)19(14)26-20(23-24-21(26)30-12-11-18(22)27)16-9-6-10-17(13-16)31(28,29)25(3)4/h5-10,13H,11-12H2,1-4H3,(H2,22,27). The topological polar surface area (TPSA) is 111 Å². The molecule has 0 bridgehead atoms. The molecular formula is C21H25N5O3S2. The number of para-hydroxylation sites is 1. The summed E-state index contributed by atoms with van der Waals surface area (Å²) in [5.74, 6) is 0.607. The first-order valence-electron chi connectivity index (χ1n) is 9.59. The van der Waals surface area contributed by atoms with Crippen LogP contribution in [0.4, 0.5) is 0 Å². The normalized spacial score (nSPS) is 11.8. The molecular weight excluding hydrogens is 434 g/mol. The van der Waals surface area contributed by atoms with Gasteiger partial charge in [-0.25, -0.2) is 12.7 Å². The quantitative estimate of drug-likeness (QED) is 0.519. The van der Waals surface area contributed by atoms with Gasteiger partial charge >= 0.3 is 0 Å². The van der Waals surface area contributed by atoms with Gasteiger partial charge in [0.2, 0.25) is 15.9 Å². The number of carbonyl (C=O) groups is 1. The van der Waals surface area contributed by atoms with Gasteiger partial charge in [-0.3, -0.25) is 9.36 Å². The summed E-state index contributed by atoms with van der Waals surface area (Å²) in [6, 6.07) is 12.6. The molecule has 0 aliphatic carbocycles. The minimum atomic E-state index is -3.60. The van der Waals surface area contributed by atoms with Gasteiger partial charge in [-0.15, -0.1) is 10.2 Å². The zero-order chi connectivity index (χ0) is 22.8. The predicted octanol–water partition coefficient (Wildman–Crippen LogP) is 2.77. The Morgan fingerprint density at radius 2 is 1.74 bits per heavy atom. The molecule has 10 heteroatoms. The largest absolute Gasteiger partial charge is 0.370 e. The van der Waals surface area contributed by atoms with Crippen molar-refractivity contribution in [2.45, 2.75) is 30.3 Å². The minimum absolute atomic E-state index is 0.175. The van der Waals surface area contributed by atoms with E-state index in [-0.39, 0.29) is 17.2 Å². The van der Waals surface area contributed by atoms with Crippen LogP contribution in [0.15, 0.2) is 52.5 Å². The first kappa shape index (κ1) is 23.0. The number of sulfonamides is 1. The Balaban J connectivity index is 2.18. The van der Waals surface area contributed by atoms with Crippen molar-refractivity contribution in [3.05, 3.63) is 53.6 Å². The summed E-state index contributed by atoms with van der Waals surface area (Å²) in [4.78, 5) is 11.3. The number of aryl methyl sites for hydroxylation is 2. The monoisotopic (exact) mass is 459 g/mol. The van der Waals surface area contributed by atoms with Gasteiger partial charge in [0.05, 0.1) is 10.6 Å². The van der Waals surface area contributed by atoms with Crippen LogP contribution in [0.1, 0.15) is 17.5 Å². The lowest BCUT2D eigenvalue weighted by Gasteiger charge is -2.16. The lowest BCUT2D eigenvalue weighted by Crippen LogP contribution is -2.22. The Hall–Kier alpha value is -2.69. The molecule has 2 N–H and O–H groups in total. The summed E-state index contributed by atoms with van der Waals surface area (Å²) >= 11 is 1.38. The molecule has 0 aliphatic rings. The Labute approximate surface area is 186 Å². The fraction of sp³-hybridized carbons (Fsp3) is 0.286. The highest BCUT2D eigenvalue weighted by molar-refractivity contribution is 7.99. The number of nitrogens with zero attached hydrogens (tertiary/aromatic N) is 4. The molecule has 0 radical (unpaired) electrons. The summed E-state index contributed by atoms with van der Waals surface area (Å²) in [7, 11) is -0.609. The summed E-state index contributed by atoms with van der Waals surface area (Å²) in [5, 5.41) is 9.32. The third kappa shape index (κ3) is 4.81. The van der Waals surface area contributed by atoms with Crippen molar-refractivity contribution in [3.63, 3.8) is 0 Å². The maximum absolute atomic E-state index is 12.6. The lowest BCUT2D eigenvalue weighted by molar-refractivity contribution is -0.117. The summed E-state index contributed by atoms with van der Waals surface area (Å²) in [6.45, 7) is 3.99. The van der Waals surface area contributed by atoms with E-state index >= 15 is 0 Å². The van der Waals surface area contributed by atoms with Gasteiger partial charge in [0.25, 0.3) is 0 Å². The number of primary amides is 1. The molecule has 0 aliphatic heterocycles. The van der Waals surface area contributed by atoms with Crippen molar-refractivity contribution in [1.82, 2.24) is 19.1 Å². The molecule has 1 heterocycles. The summed E-state index contributed by atoms with van der Waals surface area (Å²) < 4.78 is 28.3. The van der Waals surface area contributed by atoms with Crippen LogP contribution in [0, 0.1) is 13.8 Å². The van der Waals surface area contributed by atoms with Gasteiger partial charge in [0.15, 0.2) is 11.0 Å². The van der Waals surface area contributed by atoms with Gasteiger partial charge in [-0.1, -0.05) is 42.1 Å². The molecule has 0 saturated heterocycles. The van der Waals surface area contributed by atoms with E-state index in [0.717, 1.165) is 16.8 Å². The summed E-state index contributed by atoms with van der Waals surface area (Å²) in [6.07, 6.45) is 0.218. The zero-order valence-corrected chi connectivity index (χ0v) is 19.5. The number of hydrogen-bond acceptors (Lipinski definition) is 6. The number of aromatic nitrogens is 3. The van der Waals surface area contributed by atoms with Gasteiger partial charge in [-0.2, -0.15) is 0 Å². The van der Waals surface area contributed by atoms with Crippen molar-refractivity contribution in [2.75, 3.05) is 19.8 Å². The highest BCUT2D eigenvalue weighted by atomic mass is 32.2. The van der Waals surface area contributed by atoms with E-state index in [9.17, 15) is 13.2 Å². The molecule has 3 aromatic rings. The third-order valence-corrected chi connectivity index (χ3v) is 7.49. The molecule has 0 saturated carbocycles. The van der Waals surface area contributed by atoms with Crippen molar-refractivity contribution in [1.29, 1.82) is 0 Å². The molecule has 164 valence electrons. The Morgan fingerprint density at radius 1 is 1.10 bits per heavy atom. The predicted molar refractivity (Wildman–Crippen MR) is 122 cm³/mol. The molecule has 0 atom stereocenters. The van der Waals surface area contributed by atoms with E-state index in [1.165, 1.54) is 30.2 Å². The molecule has 0 spiro atoms. The zero-order valence-electron chi connectivity index (χ0n) is 17.9. The number of thioether (sulfide) groups is 1. The second-order valence-corrected chi connectivity index (χ2v) is 10.5. The van der Waals surface area contributed by atoms with E-state index in [2.05, 4.69) is 10.2 Å². The second-order valence-electron chi connectivity index (χ2n) is 7.26. The fourth-order valence-electron chi connectivity index (χ4n) is 3.16. The van der Waals surface area contributed by atoms with E-state index in [4.69, 9.17) is 5.73 Å². The Kier molecular flexibility index (Phi) is 6.83. The van der Waals surface area contributed by atoms with Crippen LogP contribution in [0.25, 0.3) is 17.1 Å². The van der Waals surface area contributed by atoms with Crippen molar-refractivity contribution in [3.8, 4) is 17.1 Å². The average molecular weight is 460 g/mol. The van der Waals surface area contributed by atoms with Gasteiger partial charge in [0, 0.05) is 31.8 Å². The molecule has 31 heavy (non-hydrogen) atoms. The molecule has 1 aromatic heterocycles. The first-order chi connectivity index (χ1) is 14.6. The molecule has 1 amide bonds. The van der Waals surface area contributed by atoms with Crippen LogP contribution in [-0.2, 0) is 14.8 Å². The third-order valence-electron chi connectivity index (χ3n) is 4.75. The minimum Gasteiger partial charge on any atom is -0.370 e. The number of rotatable bonds is 8. The average Bonchev–Trinajstić information content (AvgIpc) is 3.11. The van der Waals surface area contributed by atoms with Crippen LogP contribution < -0.4 is 5.73 Å². The van der Waals surface area contributed by atoms with E-state index in [1.54, 1.807) is 24.3 Å². The molecule has 0 fully saturated rings. The molecule has 3 rings (SSSR count). The maximum atomic E-state index is 12.6. The second kappa shape index (κ2) is 9.21. The first-order valence-corrected chi connectivity index (χ1v) is 12.0. The van der Waals surface area contributed by atoms with Crippen molar-refractivity contribution >= 4 is 27.7 Å². The number of amides is 1. The maximum Gasteiger partial charge on any atom is 0.242 e. The molecule has 0 unspecified atom stereocenters. The van der Waals surface area contributed by atoms with Crippen molar-refractivity contribution in [2.24, 2.45) is 5.73 Å². The summed E-state index contributed by atoms with van der Waals surface area (Å²) in [5.41, 5.74) is 8.87. The van der Waals surface area contributed by atoms with Gasteiger partial charge < -0.3 is 5.73 Å². The van der Waals surface area contributed by atoms with Crippen LogP contribution in [0.5, 0.6) is 0 Å². The van der Waals surface area contributed by atoms with Crippen LogP contribution >= 0.6 is 11.8 Å². The van der Waals surface area contributed by atoms with Crippen LogP contribution in [-0.4, -0.2) is 53.2 Å². The number of hydrogen-bond donors (Lipinski definition) is 1. The lowest BCUT2D eigenvalue weighted by atomic mass is 10.1.